The Hall–Kier alpha value is -1.06. The number of allylic oxidation sites excluding steroid dienone is 2. The van der Waals surface area contributed by atoms with Gasteiger partial charge in [-0.3, -0.25) is 4.79 Å². The maximum Gasteiger partial charge on any atom is 0.160 e. The van der Waals surface area contributed by atoms with E-state index in [1.807, 2.05) is 13.1 Å². The molecular weight excluding hydrogens is 356 g/mol. The van der Waals surface area contributed by atoms with Gasteiger partial charge in [0.15, 0.2) is 5.78 Å². The van der Waals surface area contributed by atoms with Gasteiger partial charge in [0.2, 0.25) is 0 Å². The van der Waals surface area contributed by atoms with Gasteiger partial charge in [0.1, 0.15) is 0 Å². The quantitative estimate of drug-likeness (QED) is 0.402. The van der Waals surface area contributed by atoms with E-state index in [2.05, 4.69) is 37.5 Å². The van der Waals surface area contributed by atoms with Crippen molar-refractivity contribution in [3.8, 4) is 0 Å². The van der Waals surface area contributed by atoms with Gasteiger partial charge in [-0.15, -0.1) is 11.6 Å². The molecule has 0 bridgehead atoms. The lowest BCUT2D eigenvalue weighted by Gasteiger charge is -2.42. The summed E-state index contributed by atoms with van der Waals surface area (Å²) in [7, 11) is 1.95. The molecular formula is C23H35ClN2O. The van der Waals surface area contributed by atoms with E-state index in [1.165, 1.54) is 42.4 Å². The standard InChI is InChI=1S/C23H35ClN2O/c1-22(2)13-17-14-23(3,24)18(15-25-4)11-19(17)20(26-22)12-21(27)16-9-7-5-6-8-10-16/h11-12,16,25-26H,5-10,13-15H2,1-4H3/b20-12-. The summed E-state index contributed by atoms with van der Waals surface area (Å²) in [6.07, 6.45) is 12.9. The SMILES string of the molecule is CNCC1=CC2=C(CC(C)(C)N/C2=C\C(=O)C2CCCCCC2)CC1(C)Cl. The third kappa shape index (κ3) is 4.86. The lowest BCUT2D eigenvalue weighted by molar-refractivity contribution is -0.118. The molecule has 2 aliphatic carbocycles. The molecule has 0 aromatic heterocycles. The van der Waals surface area contributed by atoms with Crippen molar-refractivity contribution in [3.05, 3.63) is 34.6 Å². The van der Waals surface area contributed by atoms with Gasteiger partial charge in [-0.1, -0.05) is 37.3 Å². The average molecular weight is 391 g/mol. The fourth-order valence-corrected chi connectivity index (χ4v) is 5.12. The average Bonchev–Trinajstić information content (AvgIpc) is 2.84. The van der Waals surface area contributed by atoms with E-state index in [9.17, 15) is 4.79 Å². The number of ketones is 1. The Morgan fingerprint density at radius 3 is 2.52 bits per heavy atom. The summed E-state index contributed by atoms with van der Waals surface area (Å²) in [6.45, 7) is 7.29. The summed E-state index contributed by atoms with van der Waals surface area (Å²) < 4.78 is 0. The van der Waals surface area contributed by atoms with Crippen LogP contribution in [0.25, 0.3) is 0 Å². The Morgan fingerprint density at radius 2 is 1.89 bits per heavy atom. The zero-order valence-corrected chi connectivity index (χ0v) is 18.1. The van der Waals surface area contributed by atoms with Gasteiger partial charge < -0.3 is 10.6 Å². The Balaban J connectivity index is 1.94. The van der Waals surface area contributed by atoms with Gasteiger partial charge in [-0.25, -0.2) is 0 Å². The Morgan fingerprint density at radius 1 is 1.22 bits per heavy atom. The molecule has 1 fully saturated rings. The Kier molecular flexibility index (Phi) is 6.22. The van der Waals surface area contributed by atoms with Crippen molar-refractivity contribution in [1.29, 1.82) is 0 Å². The van der Waals surface area contributed by atoms with Crippen molar-refractivity contribution in [3.63, 3.8) is 0 Å². The van der Waals surface area contributed by atoms with E-state index in [0.29, 0.717) is 5.78 Å². The van der Waals surface area contributed by atoms with Crippen LogP contribution in [-0.2, 0) is 4.79 Å². The molecule has 0 radical (unpaired) electrons. The Bertz CT molecular complexity index is 676. The van der Waals surface area contributed by atoms with Crippen LogP contribution in [0.2, 0.25) is 0 Å². The van der Waals surface area contributed by atoms with E-state index in [0.717, 1.165) is 37.9 Å². The maximum atomic E-state index is 13.0. The van der Waals surface area contributed by atoms with Crippen LogP contribution in [-0.4, -0.2) is 29.8 Å². The van der Waals surface area contributed by atoms with Crippen LogP contribution in [0.3, 0.4) is 0 Å². The van der Waals surface area contributed by atoms with Crippen LogP contribution in [0.5, 0.6) is 0 Å². The second kappa shape index (κ2) is 8.13. The number of nitrogens with one attached hydrogen (secondary N) is 2. The molecule has 150 valence electrons. The van der Waals surface area contributed by atoms with Gasteiger partial charge in [-0.2, -0.15) is 0 Å². The summed E-state index contributed by atoms with van der Waals surface area (Å²) >= 11 is 6.87. The number of likely N-dealkylation sites (N-methyl/N-ethyl adjacent to an activating group) is 1. The second-order valence-electron chi connectivity index (χ2n) is 9.43. The van der Waals surface area contributed by atoms with E-state index in [1.54, 1.807) is 0 Å². The highest BCUT2D eigenvalue weighted by molar-refractivity contribution is 6.26. The first-order valence-corrected chi connectivity index (χ1v) is 10.9. The van der Waals surface area contributed by atoms with Crippen molar-refractivity contribution in [2.45, 2.75) is 82.6 Å². The van der Waals surface area contributed by atoms with E-state index in [-0.39, 0.29) is 16.3 Å². The van der Waals surface area contributed by atoms with Gasteiger partial charge >= 0.3 is 0 Å². The first kappa shape index (κ1) is 20.7. The molecule has 0 spiro atoms. The minimum atomic E-state index is -0.355. The first-order chi connectivity index (χ1) is 12.7. The van der Waals surface area contributed by atoms with E-state index < -0.39 is 0 Å². The molecule has 3 nitrogen and oxygen atoms in total. The molecule has 1 saturated carbocycles. The molecule has 0 aromatic carbocycles. The molecule has 1 heterocycles. The normalized spacial score (nSPS) is 30.4. The van der Waals surface area contributed by atoms with Crippen LogP contribution in [0, 0.1) is 5.92 Å². The zero-order chi connectivity index (χ0) is 19.7. The molecule has 0 aromatic rings. The lowest BCUT2D eigenvalue weighted by atomic mass is 9.75. The number of halogens is 1. The highest BCUT2D eigenvalue weighted by atomic mass is 35.5. The topological polar surface area (TPSA) is 41.1 Å². The first-order valence-electron chi connectivity index (χ1n) is 10.5. The van der Waals surface area contributed by atoms with Crippen molar-refractivity contribution in [2.24, 2.45) is 5.92 Å². The molecule has 2 N–H and O–H groups in total. The number of carbonyl (C=O) groups is 1. The second-order valence-corrected chi connectivity index (χ2v) is 10.3. The van der Waals surface area contributed by atoms with Gasteiger partial charge in [0, 0.05) is 29.8 Å². The summed E-state index contributed by atoms with van der Waals surface area (Å²) in [6, 6.07) is 0. The smallest absolute Gasteiger partial charge is 0.160 e. The van der Waals surface area contributed by atoms with Crippen LogP contribution < -0.4 is 10.6 Å². The van der Waals surface area contributed by atoms with Crippen LogP contribution in [0.15, 0.2) is 34.6 Å². The largest absolute Gasteiger partial charge is 0.379 e. The molecule has 1 aliphatic heterocycles. The lowest BCUT2D eigenvalue weighted by Crippen LogP contribution is -2.45. The molecule has 1 atom stereocenters. The summed E-state index contributed by atoms with van der Waals surface area (Å²) in [5.41, 5.74) is 4.70. The third-order valence-corrected chi connectivity index (χ3v) is 6.62. The van der Waals surface area contributed by atoms with Crippen LogP contribution in [0.4, 0.5) is 0 Å². The number of carbonyl (C=O) groups excluding carboxylic acids is 1. The number of hydrogen-bond acceptors (Lipinski definition) is 3. The molecule has 3 aliphatic rings. The molecule has 27 heavy (non-hydrogen) atoms. The Labute approximate surface area is 169 Å². The number of alkyl halides is 1. The van der Waals surface area contributed by atoms with Gasteiger partial charge in [0.25, 0.3) is 0 Å². The summed E-state index contributed by atoms with van der Waals surface area (Å²) in [4.78, 5) is 12.7. The predicted octanol–water partition coefficient (Wildman–Crippen LogP) is 5.03. The van der Waals surface area contributed by atoms with Crippen LogP contribution in [0.1, 0.15) is 72.1 Å². The maximum absolute atomic E-state index is 13.0. The van der Waals surface area contributed by atoms with Crippen molar-refractivity contribution < 1.29 is 4.79 Å². The molecule has 0 amide bonds. The summed E-state index contributed by atoms with van der Waals surface area (Å²) in [5.74, 6) is 0.491. The van der Waals surface area contributed by atoms with E-state index >= 15 is 0 Å². The minimum Gasteiger partial charge on any atom is -0.379 e. The van der Waals surface area contributed by atoms with Crippen molar-refractivity contribution in [1.82, 2.24) is 10.6 Å². The molecule has 4 heteroatoms. The fraction of sp³-hybridized carbons (Fsp3) is 0.696. The highest BCUT2D eigenvalue weighted by Crippen LogP contribution is 2.44. The predicted molar refractivity (Wildman–Crippen MR) is 114 cm³/mol. The molecule has 1 unspecified atom stereocenters. The number of hydrogen-bond donors (Lipinski definition) is 2. The monoisotopic (exact) mass is 390 g/mol. The molecule has 3 rings (SSSR count). The minimum absolute atomic E-state index is 0.0598. The van der Waals surface area contributed by atoms with E-state index in [4.69, 9.17) is 11.6 Å². The van der Waals surface area contributed by atoms with Crippen molar-refractivity contribution >= 4 is 17.4 Å². The van der Waals surface area contributed by atoms with Gasteiger partial charge in [0.05, 0.1) is 4.87 Å². The summed E-state index contributed by atoms with van der Waals surface area (Å²) in [5, 5.41) is 6.88. The molecule has 0 saturated heterocycles. The fourth-order valence-electron chi connectivity index (χ4n) is 4.84. The zero-order valence-electron chi connectivity index (χ0n) is 17.4. The highest BCUT2D eigenvalue weighted by Gasteiger charge is 2.38. The third-order valence-electron chi connectivity index (χ3n) is 6.24. The number of rotatable bonds is 4. The van der Waals surface area contributed by atoms with Gasteiger partial charge in [-0.05, 0) is 64.6 Å². The van der Waals surface area contributed by atoms with Crippen molar-refractivity contribution in [2.75, 3.05) is 13.6 Å². The van der Waals surface area contributed by atoms with Crippen LogP contribution >= 0.6 is 11.6 Å².